The molecule has 2 unspecified atom stereocenters. The van der Waals surface area contributed by atoms with Crippen LogP contribution in [-0.4, -0.2) is 33.7 Å². The first kappa shape index (κ1) is 16.6. The van der Waals surface area contributed by atoms with Crippen LogP contribution >= 0.6 is 11.3 Å². The van der Waals surface area contributed by atoms with Crippen molar-refractivity contribution in [3.05, 3.63) is 46.2 Å². The average Bonchev–Trinajstić information content (AvgIpc) is 3.22. The molecular weight excluding hydrogens is 324 g/mol. The lowest BCUT2D eigenvalue weighted by Crippen LogP contribution is -2.38. The van der Waals surface area contributed by atoms with Gasteiger partial charge in [-0.2, -0.15) is 5.10 Å². The summed E-state index contributed by atoms with van der Waals surface area (Å²) in [4.78, 5) is 24.3. The third-order valence-electron chi connectivity index (χ3n) is 4.37. The van der Waals surface area contributed by atoms with Gasteiger partial charge in [-0.05, 0) is 24.8 Å². The number of hydrogen-bond donors (Lipinski definition) is 1. The van der Waals surface area contributed by atoms with Crippen LogP contribution in [0.25, 0.3) is 0 Å². The molecule has 2 heterocycles. The second-order valence-corrected chi connectivity index (χ2v) is 7.08. The largest absolute Gasteiger partial charge is 0.481 e. The van der Waals surface area contributed by atoms with E-state index in [0.717, 1.165) is 17.0 Å². The Morgan fingerprint density at radius 3 is 2.88 bits per heavy atom. The lowest BCUT2D eigenvalue weighted by atomic mass is 9.87. The van der Waals surface area contributed by atoms with E-state index in [1.807, 2.05) is 17.5 Å². The molecule has 0 aromatic carbocycles. The second kappa shape index (κ2) is 7.13. The first-order valence-corrected chi connectivity index (χ1v) is 8.92. The Bertz CT molecular complexity index is 719. The first-order chi connectivity index (χ1) is 11.5. The summed E-state index contributed by atoms with van der Waals surface area (Å²) in [5.74, 6) is -0.963. The van der Waals surface area contributed by atoms with Gasteiger partial charge < -0.3 is 5.11 Å². The number of carboxylic acids is 1. The number of nitrogens with zero attached hydrogens (tertiary/aromatic N) is 2. The van der Waals surface area contributed by atoms with Crippen molar-refractivity contribution in [2.75, 3.05) is 0 Å². The predicted octanol–water partition coefficient (Wildman–Crippen LogP) is 3.44. The number of carboxylic acid groups (broad SMARTS) is 1. The zero-order chi connectivity index (χ0) is 17.1. The number of thiophene rings is 1. The quantitative estimate of drug-likeness (QED) is 0.889. The molecule has 0 radical (unpaired) electrons. The maximum Gasteiger partial charge on any atom is 0.303 e. The minimum atomic E-state index is -0.960. The third-order valence-corrected chi connectivity index (χ3v) is 5.29. The van der Waals surface area contributed by atoms with Crippen molar-refractivity contribution in [1.82, 2.24) is 5.01 Å². The van der Waals surface area contributed by atoms with Crippen LogP contribution in [0.15, 0.2) is 46.4 Å². The van der Waals surface area contributed by atoms with E-state index >= 15 is 0 Å². The number of hydrogen-bond acceptors (Lipinski definition) is 4. The maximum absolute atomic E-state index is 12.5. The van der Waals surface area contributed by atoms with Crippen molar-refractivity contribution in [3.8, 4) is 0 Å². The van der Waals surface area contributed by atoms with Crippen molar-refractivity contribution >= 4 is 28.9 Å². The molecule has 24 heavy (non-hydrogen) atoms. The Labute approximate surface area is 145 Å². The van der Waals surface area contributed by atoms with Crippen LogP contribution in [0.3, 0.4) is 0 Å². The van der Waals surface area contributed by atoms with Gasteiger partial charge in [0.2, 0.25) is 5.91 Å². The molecule has 0 fully saturated rings. The minimum absolute atomic E-state index is 0.0155. The molecule has 1 aliphatic carbocycles. The van der Waals surface area contributed by atoms with Crippen LogP contribution in [0.2, 0.25) is 0 Å². The Balaban J connectivity index is 1.80. The lowest BCUT2D eigenvalue weighted by Gasteiger charge is -2.28. The Kier molecular flexibility index (Phi) is 4.94. The summed E-state index contributed by atoms with van der Waals surface area (Å²) >= 11 is 1.61. The fraction of sp³-hybridized carbons (Fsp3) is 0.389. The zero-order valence-electron chi connectivity index (χ0n) is 13.5. The molecule has 0 spiro atoms. The molecule has 5 nitrogen and oxygen atoms in total. The number of allylic oxidation sites excluding steroid dienone is 3. The van der Waals surface area contributed by atoms with Crippen molar-refractivity contribution in [1.29, 1.82) is 0 Å². The number of amides is 1. The van der Waals surface area contributed by atoms with Gasteiger partial charge in [0.05, 0.1) is 23.1 Å². The van der Waals surface area contributed by atoms with Crippen molar-refractivity contribution < 1.29 is 14.7 Å². The highest BCUT2D eigenvalue weighted by Gasteiger charge is 2.36. The standard InChI is InChI=1S/C18H20N2O3S/c1-12-4-6-13(7-5-12)15-11-14(16-3-2-10-24-16)19-20(15)17(21)8-9-18(22)23/h2-6,10,13,15H,7-9,11H2,1H3,(H,22,23). The summed E-state index contributed by atoms with van der Waals surface area (Å²) in [6, 6.07) is 3.94. The lowest BCUT2D eigenvalue weighted by molar-refractivity contribution is -0.141. The van der Waals surface area contributed by atoms with Crippen molar-refractivity contribution in [2.24, 2.45) is 11.0 Å². The van der Waals surface area contributed by atoms with Crippen LogP contribution < -0.4 is 0 Å². The van der Waals surface area contributed by atoms with Gasteiger partial charge in [-0.15, -0.1) is 11.3 Å². The Morgan fingerprint density at radius 1 is 1.42 bits per heavy atom. The van der Waals surface area contributed by atoms with E-state index in [-0.39, 0.29) is 30.7 Å². The van der Waals surface area contributed by atoms with Gasteiger partial charge in [-0.1, -0.05) is 29.9 Å². The third kappa shape index (κ3) is 3.64. The van der Waals surface area contributed by atoms with E-state index in [9.17, 15) is 9.59 Å². The van der Waals surface area contributed by atoms with Crippen LogP contribution in [0.5, 0.6) is 0 Å². The van der Waals surface area contributed by atoms with E-state index in [4.69, 9.17) is 5.11 Å². The molecule has 0 bridgehead atoms. The van der Waals surface area contributed by atoms with Crippen molar-refractivity contribution in [2.45, 2.75) is 38.6 Å². The monoisotopic (exact) mass is 344 g/mol. The van der Waals surface area contributed by atoms with Crippen LogP contribution in [-0.2, 0) is 9.59 Å². The van der Waals surface area contributed by atoms with Gasteiger partial charge in [0, 0.05) is 18.8 Å². The minimum Gasteiger partial charge on any atom is -0.481 e. The van der Waals surface area contributed by atoms with Crippen LogP contribution in [0.1, 0.15) is 37.5 Å². The molecule has 3 rings (SSSR count). The Morgan fingerprint density at radius 2 is 2.25 bits per heavy atom. The molecule has 0 saturated carbocycles. The summed E-state index contributed by atoms with van der Waals surface area (Å²) < 4.78 is 0. The van der Waals surface area contributed by atoms with Gasteiger partial charge in [0.25, 0.3) is 0 Å². The highest BCUT2D eigenvalue weighted by Crippen LogP contribution is 2.32. The summed E-state index contributed by atoms with van der Waals surface area (Å²) in [5.41, 5.74) is 2.14. The zero-order valence-corrected chi connectivity index (χ0v) is 14.3. The predicted molar refractivity (Wildman–Crippen MR) is 94.0 cm³/mol. The fourth-order valence-electron chi connectivity index (χ4n) is 3.05. The van der Waals surface area contributed by atoms with Gasteiger partial charge >= 0.3 is 5.97 Å². The maximum atomic E-state index is 12.5. The molecule has 126 valence electrons. The molecule has 2 atom stereocenters. The molecule has 0 saturated heterocycles. The van der Waals surface area contributed by atoms with E-state index in [2.05, 4.69) is 30.3 Å². The molecule has 2 aliphatic rings. The fourth-order valence-corrected chi connectivity index (χ4v) is 3.77. The summed E-state index contributed by atoms with van der Waals surface area (Å²) in [7, 11) is 0. The number of rotatable bonds is 5. The smallest absolute Gasteiger partial charge is 0.303 e. The van der Waals surface area contributed by atoms with Gasteiger partial charge in [-0.25, -0.2) is 5.01 Å². The van der Waals surface area contributed by atoms with Crippen molar-refractivity contribution in [3.63, 3.8) is 0 Å². The summed E-state index contributed by atoms with van der Waals surface area (Å²) in [5, 5.41) is 16.9. The number of hydrazone groups is 1. The topological polar surface area (TPSA) is 70.0 Å². The highest BCUT2D eigenvalue weighted by molar-refractivity contribution is 7.12. The van der Waals surface area contributed by atoms with E-state index < -0.39 is 5.97 Å². The summed E-state index contributed by atoms with van der Waals surface area (Å²) in [6.07, 6.45) is 7.81. The van der Waals surface area contributed by atoms with Gasteiger partial charge in [0.15, 0.2) is 0 Å². The molecule has 1 N–H and O–H groups in total. The number of carbonyl (C=O) groups is 2. The van der Waals surface area contributed by atoms with Crippen LogP contribution in [0.4, 0.5) is 0 Å². The van der Waals surface area contributed by atoms with E-state index in [1.54, 1.807) is 11.3 Å². The first-order valence-electron chi connectivity index (χ1n) is 8.05. The molecule has 6 heteroatoms. The normalized spacial score (nSPS) is 23.1. The molecular formula is C18H20N2O3S. The molecule has 1 aromatic heterocycles. The molecule has 1 aromatic rings. The Hall–Kier alpha value is -2.21. The highest BCUT2D eigenvalue weighted by atomic mass is 32.1. The number of aliphatic carboxylic acids is 1. The molecule has 1 amide bonds. The number of carbonyl (C=O) groups excluding carboxylic acids is 1. The average molecular weight is 344 g/mol. The SMILES string of the molecule is CC1=CCC(C2CC(c3cccs3)=NN2C(=O)CCC(=O)O)C=C1. The second-order valence-electron chi connectivity index (χ2n) is 6.13. The van der Waals surface area contributed by atoms with Crippen LogP contribution in [0, 0.1) is 5.92 Å². The van der Waals surface area contributed by atoms with E-state index in [0.29, 0.717) is 6.42 Å². The molecule has 1 aliphatic heterocycles. The van der Waals surface area contributed by atoms with E-state index in [1.165, 1.54) is 10.6 Å². The van der Waals surface area contributed by atoms with Gasteiger partial charge in [-0.3, -0.25) is 9.59 Å². The summed E-state index contributed by atoms with van der Waals surface area (Å²) in [6.45, 7) is 2.06. The van der Waals surface area contributed by atoms with Gasteiger partial charge in [0.1, 0.15) is 0 Å².